The van der Waals surface area contributed by atoms with Crippen LogP contribution in [0.2, 0.25) is 0 Å². The van der Waals surface area contributed by atoms with Crippen LogP contribution in [-0.2, 0) is 65.5 Å². The number of alkyl carbamates (subject to hydrolysis) is 1. The molecule has 1 fully saturated rings. The smallest absolute Gasteiger partial charge is 0.408 e. The van der Waals surface area contributed by atoms with Gasteiger partial charge in [0, 0.05) is 31.0 Å². The third-order valence-corrected chi connectivity index (χ3v) is 13.4. The van der Waals surface area contributed by atoms with Crippen molar-refractivity contribution in [2.45, 2.75) is 99.3 Å². The Kier molecular flexibility index (Phi) is 22.9. The van der Waals surface area contributed by atoms with E-state index in [1.165, 1.54) is 28.8 Å². The number of primary amides is 3. The summed E-state index contributed by atoms with van der Waals surface area (Å²) < 4.78 is 32.9. The minimum absolute atomic E-state index is 0.0433. The van der Waals surface area contributed by atoms with Crippen LogP contribution in [0.15, 0.2) is 94.8 Å². The summed E-state index contributed by atoms with van der Waals surface area (Å²) in [6.45, 7) is 1.02. The number of hydrogen-bond acceptors (Lipinski definition) is 14. The van der Waals surface area contributed by atoms with E-state index in [2.05, 4.69) is 36.3 Å². The van der Waals surface area contributed by atoms with Crippen molar-refractivity contribution in [2.24, 2.45) is 27.9 Å². The maximum atomic E-state index is 14.6. The molecule has 0 saturated carbocycles. The molecule has 14 N–H and O–H groups in total. The van der Waals surface area contributed by atoms with Gasteiger partial charge in [-0.3, -0.25) is 43.3 Å². The molecule has 3 aromatic carbocycles. The first-order valence-corrected chi connectivity index (χ1v) is 25.7. The molecule has 5 atom stereocenters. The number of carbonyl (C=O) groups is 9. The highest BCUT2D eigenvalue weighted by atomic mass is 32.2. The maximum absolute atomic E-state index is 14.6. The Hall–Kier alpha value is -7.74. The monoisotopic (exact) mass is 1050 g/mol. The molecule has 0 radical (unpaired) electrons. The summed E-state index contributed by atoms with van der Waals surface area (Å²) >= 11 is 1.26. The van der Waals surface area contributed by atoms with Crippen LogP contribution in [0.5, 0.6) is 0 Å². The highest BCUT2D eigenvalue weighted by Crippen LogP contribution is 2.22. The number of rotatable bonds is 28. The van der Waals surface area contributed by atoms with E-state index in [4.69, 9.17) is 27.7 Å². The fraction of sp³-hybridized carbons (Fsp3) is 0.404. The zero-order chi connectivity index (χ0) is 53.5. The van der Waals surface area contributed by atoms with Crippen molar-refractivity contribution in [3.8, 4) is 0 Å². The third kappa shape index (κ3) is 20.1. The van der Waals surface area contributed by atoms with Gasteiger partial charge in [-0.1, -0.05) is 78.4 Å². The lowest BCUT2D eigenvalue weighted by Crippen LogP contribution is -2.60. The molecule has 0 aliphatic carbocycles. The number of nitrogens with zero attached hydrogens (tertiary/aromatic N) is 2. The highest BCUT2D eigenvalue weighted by molar-refractivity contribution is 7.98. The van der Waals surface area contributed by atoms with Gasteiger partial charge >= 0.3 is 6.09 Å². The van der Waals surface area contributed by atoms with Gasteiger partial charge in [0.25, 0.3) is 10.0 Å². The van der Waals surface area contributed by atoms with Crippen molar-refractivity contribution < 1.29 is 56.3 Å². The third-order valence-electron chi connectivity index (χ3n) is 11.0. The largest absolute Gasteiger partial charge is 0.445 e. The number of aliphatic imine (C=N–C) groups is 1. The molecule has 0 spiro atoms. The van der Waals surface area contributed by atoms with Gasteiger partial charge in [-0.15, -0.1) is 0 Å². The number of amides is 9. The van der Waals surface area contributed by atoms with Gasteiger partial charge < -0.3 is 59.2 Å². The second kappa shape index (κ2) is 28.9. The van der Waals surface area contributed by atoms with Crippen LogP contribution in [0.4, 0.5) is 4.79 Å². The molecule has 1 heterocycles. The second-order valence-electron chi connectivity index (χ2n) is 16.8. The molecule has 1 aliphatic heterocycles. The molecular formula is C47H62N12O12S2. The quantitative estimate of drug-likeness (QED) is 0.0232. The first kappa shape index (κ1) is 57.8. The molecule has 394 valence electrons. The van der Waals surface area contributed by atoms with Crippen LogP contribution < -0.4 is 54.2 Å². The standard InChI is InChI=1S/C47H62N12O12S2/c1-29-16-18-32(19-17-29)73(69,70)58-46(51)52-22-8-14-33(41(63)53-25-40(50)62)54-44(66)37-15-9-23-59(37)45(67)36(28-72-27-31-12-6-3-7-13-31)56-43(65)35(24-39(49)61)55-42(64)34(20-21-38(48)60)57-47(68)71-26-30-10-4-2-5-11-30/h2-7,10-13,16-19,33-37H,8-9,14-15,20-28H2,1H3,(H2,48,60)(H2,49,61)(H2,50,62)(H,53,63)(H,54,66)(H,55,64)(H,56,65)(H,57,68)(H3,51,52,58)/t33-,34+,35+,36+,37+/m1/s1. The minimum atomic E-state index is -4.05. The van der Waals surface area contributed by atoms with E-state index >= 15 is 0 Å². The van der Waals surface area contributed by atoms with E-state index in [1.54, 1.807) is 49.4 Å². The van der Waals surface area contributed by atoms with Crippen LogP contribution in [0.3, 0.4) is 0 Å². The van der Waals surface area contributed by atoms with Crippen molar-refractivity contribution in [1.82, 2.24) is 36.2 Å². The van der Waals surface area contributed by atoms with Crippen LogP contribution in [0, 0.1) is 6.92 Å². The summed E-state index contributed by atoms with van der Waals surface area (Å²) in [6.07, 6.45) is -2.03. The van der Waals surface area contributed by atoms with Gasteiger partial charge in [0.1, 0.15) is 36.8 Å². The molecule has 26 heteroatoms. The summed E-state index contributed by atoms with van der Waals surface area (Å²) in [4.78, 5) is 123. The molecule has 1 aliphatic rings. The van der Waals surface area contributed by atoms with Crippen molar-refractivity contribution >= 4 is 81.1 Å². The zero-order valence-electron chi connectivity index (χ0n) is 40.1. The molecule has 0 unspecified atom stereocenters. The Bertz CT molecular complexity index is 2560. The number of carbonyl (C=O) groups excluding carboxylic acids is 9. The summed E-state index contributed by atoms with van der Waals surface area (Å²) in [7, 11) is -4.05. The maximum Gasteiger partial charge on any atom is 0.408 e. The van der Waals surface area contributed by atoms with Crippen molar-refractivity contribution in [3.63, 3.8) is 0 Å². The number of sulfonamides is 1. The Morgan fingerprint density at radius 3 is 1.97 bits per heavy atom. The summed E-state index contributed by atoms with van der Waals surface area (Å²) in [6, 6.07) is 16.8. The number of guanidine groups is 1. The lowest BCUT2D eigenvalue weighted by Gasteiger charge is -2.30. The lowest BCUT2D eigenvalue weighted by atomic mass is 10.1. The molecule has 3 aromatic rings. The summed E-state index contributed by atoms with van der Waals surface area (Å²) in [5.74, 6) is -7.09. The van der Waals surface area contributed by atoms with E-state index in [1.807, 2.05) is 30.3 Å². The van der Waals surface area contributed by atoms with E-state index in [-0.39, 0.29) is 62.4 Å². The second-order valence-corrected chi connectivity index (χ2v) is 19.5. The normalized spacial score (nSPS) is 15.1. The molecule has 0 aromatic heterocycles. The predicted molar refractivity (Wildman–Crippen MR) is 268 cm³/mol. The Morgan fingerprint density at radius 2 is 1.34 bits per heavy atom. The van der Waals surface area contributed by atoms with Crippen LogP contribution in [0.1, 0.15) is 61.6 Å². The van der Waals surface area contributed by atoms with Crippen molar-refractivity contribution in [2.75, 3.05) is 25.4 Å². The molecule has 9 amide bonds. The number of likely N-dealkylation sites (tertiary alicyclic amines) is 1. The van der Waals surface area contributed by atoms with Crippen LogP contribution >= 0.6 is 11.8 Å². The van der Waals surface area contributed by atoms with Crippen molar-refractivity contribution in [3.05, 3.63) is 102 Å². The Morgan fingerprint density at radius 1 is 0.726 bits per heavy atom. The van der Waals surface area contributed by atoms with Gasteiger partial charge in [-0.25, -0.2) is 17.9 Å². The average Bonchev–Trinajstić information content (AvgIpc) is 3.85. The van der Waals surface area contributed by atoms with Crippen LogP contribution in [0.25, 0.3) is 0 Å². The van der Waals surface area contributed by atoms with E-state index in [9.17, 15) is 51.6 Å². The molecule has 24 nitrogen and oxygen atoms in total. The van der Waals surface area contributed by atoms with Gasteiger partial charge in [0.05, 0.1) is 17.9 Å². The van der Waals surface area contributed by atoms with Gasteiger partial charge in [-0.2, -0.15) is 11.8 Å². The fourth-order valence-corrected chi connectivity index (χ4v) is 9.20. The summed E-state index contributed by atoms with van der Waals surface area (Å²) in [5.41, 5.74) is 24.3. The Labute approximate surface area is 426 Å². The van der Waals surface area contributed by atoms with E-state index < -0.39 is 113 Å². The topological polar surface area (TPSA) is 389 Å². The molecule has 73 heavy (non-hydrogen) atoms. The number of benzene rings is 3. The predicted octanol–water partition coefficient (Wildman–Crippen LogP) is -1.22. The number of ether oxygens (including phenoxy) is 1. The van der Waals surface area contributed by atoms with Crippen LogP contribution in [-0.4, -0.2) is 128 Å². The molecule has 4 rings (SSSR count). The highest BCUT2D eigenvalue weighted by Gasteiger charge is 2.40. The van der Waals surface area contributed by atoms with Gasteiger partial charge in [0.15, 0.2) is 0 Å². The van der Waals surface area contributed by atoms with Gasteiger partial charge in [-0.05, 0) is 62.3 Å². The average molecular weight is 1050 g/mol. The Balaban J connectivity index is 1.50. The first-order valence-electron chi connectivity index (χ1n) is 23.0. The SMILES string of the molecule is Cc1ccc(S(=O)(=O)NC(N)=NCCC[C@@H](NC(=O)[C@@H]2CCCN2C(=O)[C@H](CSCc2ccccc2)NC(=O)[C@H](CC(N)=O)NC(=O)[C@H](CCC(N)=O)NC(=O)OCc2ccccc2)C(=O)NCC(N)=O)cc1. The lowest BCUT2D eigenvalue weighted by molar-refractivity contribution is -0.142. The number of nitrogens with two attached hydrogens (primary N) is 4. The van der Waals surface area contributed by atoms with E-state index in [0.717, 1.165) is 11.1 Å². The molecule has 1 saturated heterocycles. The number of thioether (sulfide) groups is 1. The van der Waals surface area contributed by atoms with Gasteiger partial charge in [0.2, 0.25) is 53.2 Å². The number of aryl methyl sites for hydroxylation is 1. The zero-order valence-corrected chi connectivity index (χ0v) is 41.7. The summed E-state index contributed by atoms with van der Waals surface area (Å²) in [5, 5.41) is 12.3. The fourth-order valence-electron chi connectivity index (χ4n) is 7.24. The minimum Gasteiger partial charge on any atom is -0.445 e. The molecular weight excluding hydrogens is 989 g/mol. The first-order chi connectivity index (χ1) is 34.7. The van der Waals surface area contributed by atoms with E-state index in [0.29, 0.717) is 17.7 Å². The molecule has 0 bridgehead atoms. The van der Waals surface area contributed by atoms with Crippen molar-refractivity contribution in [1.29, 1.82) is 0 Å². The number of nitrogens with one attached hydrogen (secondary N) is 6. The number of hydrogen-bond donors (Lipinski definition) is 10.